The Morgan fingerprint density at radius 1 is 1.15 bits per heavy atom. The molecule has 4 nitrogen and oxygen atoms in total. The first-order valence-corrected chi connectivity index (χ1v) is 6.28. The van der Waals surface area contributed by atoms with Crippen molar-refractivity contribution in [3.05, 3.63) is 53.6 Å². The van der Waals surface area contributed by atoms with Crippen LogP contribution in [0.3, 0.4) is 0 Å². The third-order valence-electron chi connectivity index (χ3n) is 3.06. The lowest BCUT2D eigenvalue weighted by Gasteiger charge is -1.97. The molecule has 0 aliphatic rings. The molecule has 98 valence electrons. The first kappa shape index (κ1) is 11.4. The van der Waals surface area contributed by atoms with Crippen molar-refractivity contribution in [2.24, 2.45) is 0 Å². The Morgan fingerprint density at radius 2 is 2.05 bits per heavy atom. The maximum absolute atomic E-state index is 13.2. The molecule has 0 amide bonds. The molecule has 6 heteroatoms. The summed E-state index contributed by atoms with van der Waals surface area (Å²) in [6.45, 7) is 0. The highest BCUT2D eigenvalue weighted by atomic mass is 35.5. The highest BCUT2D eigenvalue weighted by Gasteiger charge is 2.13. The van der Waals surface area contributed by atoms with E-state index in [0.29, 0.717) is 33.2 Å². The lowest BCUT2D eigenvalue weighted by molar-refractivity contribution is 0.616. The minimum absolute atomic E-state index is 0.302. The van der Waals surface area contributed by atoms with Crippen LogP contribution in [0.5, 0.6) is 0 Å². The number of hydrogen-bond acceptors (Lipinski definition) is 3. The number of hydrogen-bond donors (Lipinski definition) is 0. The first-order chi connectivity index (χ1) is 9.70. The largest absolute Gasteiger partial charge is 0.454 e. The Balaban J connectivity index is 1.98. The third-order valence-corrected chi connectivity index (χ3v) is 3.26. The summed E-state index contributed by atoms with van der Waals surface area (Å²) in [4.78, 5) is 4.23. The third kappa shape index (κ3) is 1.67. The second-order valence-electron chi connectivity index (χ2n) is 4.36. The summed E-state index contributed by atoms with van der Waals surface area (Å²) < 4.78 is 20.5. The summed E-state index contributed by atoms with van der Waals surface area (Å²) in [6, 6.07) is 9.57. The van der Waals surface area contributed by atoms with Gasteiger partial charge in [-0.2, -0.15) is 5.10 Å². The number of furan rings is 1. The van der Waals surface area contributed by atoms with Gasteiger partial charge in [-0.3, -0.25) is 0 Å². The smallest absolute Gasteiger partial charge is 0.155 e. The van der Waals surface area contributed by atoms with E-state index in [0.717, 1.165) is 0 Å². The molecule has 0 unspecified atom stereocenters. The SMILES string of the molecule is Fc1ccc2oc(-c3cnc4ccc(Cl)nn34)cc2c1. The van der Waals surface area contributed by atoms with Crippen LogP contribution < -0.4 is 0 Å². The molecule has 4 aromatic rings. The zero-order valence-electron chi connectivity index (χ0n) is 10.0. The average molecular weight is 288 g/mol. The summed E-state index contributed by atoms with van der Waals surface area (Å²) in [6.07, 6.45) is 1.65. The first-order valence-electron chi connectivity index (χ1n) is 5.90. The van der Waals surface area contributed by atoms with Crippen LogP contribution in [-0.4, -0.2) is 14.6 Å². The number of fused-ring (bicyclic) bond motifs is 2. The summed E-state index contributed by atoms with van der Waals surface area (Å²) in [5.41, 5.74) is 1.94. The van der Waals surface area contributed by atoms with Crippen molar-refractivity contribution in [3.63, 3.8) is 0 Å². The highest BCUT2D eigenvalue weighted by Crippen LogP contribution is 2.28. The van der Waals surface area contributed by atoms with Crippen molar-refractivity contribution in [2.45, 2.75) is 0 Å². The molecular formula is C14H7ClFN3O. The summed E-state index contributed by atoms with van der Waals surface area (Å²) in [5.74, 6) is 0.261. The maximum atomic E-state index is 13.2. The molecule has 3 aromatic heterocycles. The molecule has 0 aliphatic carbocycles. The van der Waals surface area contributed by atoms with Gasteiger partial charge in [-0.05, 0) is 36.4 Å². The van der Waals surface area contributed by atoms with E-state index >= 15 is 0 Å². The number of halogens is 2. The lowest BCUT2D eigenvalue weighted by atomic mass is 10.2. The molecule has 3 heterocycles. The van der Waals surface area contributed by atoms with Gasteiger partial charge in [-0.1, -0.05) is 11.6 Å². The monoisotopic (exact) mass is 287 g/mol. The standard InChI is InChI=1S/C14H7ClFN3O/c15-13-3-4-14-17-7-10(19(14)18-13)12-6-8-5-9(16)1-2-11(8)20-12/h1-7H. The zero-order valence-corrected chi connectivity index (χ0v) is 10.8. The van der Waals surface area contributed by atoms with E-state index in [2.05, 4.69) is 10.1 Å². The van der Waals surface area contributed by atoms with E-state index in [-0.39, 0.29) is 5.82 Å². The van der Waals surface area contributed by atoms with Crippen LogP contribution in [0.4, 0.5) is 4.39 Å². The molecule has 0 fully saturated rings. The molecule has 20 heavy (non-hydrogen) atoms. The van der Waals surface area contributed by atoms with Crippen LogP contribution in [0.15, 0.2) is 47.0 Å². The van der Waals surface area contributed by atoms with Gasteiger partial charge < -0.3 is 4.42 Å². The minimum atomic E-state index is -0.302. The van der Waals surface area contributed by atoms with E-state index in [1.807, 2.05) is 0 Å². The lowest BCUT2D eigenvalue weighted by Crippen LogP contribution is -1.93. The molecule has 0 saturated carbocycles. The second-order valence-corrected chi connectivity index (χ2v) is 4.75. The molecule has 0 atom stereocenters. The predicted octanol–water partition coefficient (Wildman–Crippen LogP) is 3.94. The van der Waals surface area contributed by atoms with Gasteiger partial charge in [0.1, 0.15) is 22.2 Å². The number of nitrogens with zero attached hydrogens (tertiary/aromatic N) is 3. The molecule has 4 rings (SSSR count). The Morgan fingerprint density at radius 3 is 2.95 bits per heavy atom. The number of aromatic nitrogens is 3. The highest BCUT2D eigenvalue weighted by molar-refractivity contribution is 6.29. The quantitative estimate of drug-likeness (QED) is 0.533. The molecule has 0 bridgehead atoms. The van der Waals surface area contributed by atoms with Crippen molar-refractivity contribution in [1.82, 2.24) is 14.6 Å². The molecule has 1 aromatic carbocycles. The number of rotatable bonds is 1. The molecule has 0 N–H and O–H groups in total. The van der Waals surface area contributed by atoms with E-state index in [9.17, 15) is 4.39 Å². The van der Waals surface area contributed by atoms with E-state index in [4.69, 9.17) is 16.0 Å². The van der Waals surface area contributed by atoms with E-state index in [1.165, 1.54) is 12.1 Å². The van der Waals surface area contributed by atoms with Crippen LogP contribution in [-0.2, 0) is 0 Å². The molecule has 0 aliphatic heterocycles. The molecule has 0 saturated heterocycles. The van der Waals surface area contributed by atoms with Crippen LogP contribution in [0.2, 0.25) is 5.15 Å². The van der Waals surface area contributed by atoms with Gasteiger partial charge in [-0.25, -0.2) is 13.9 Å². The van der Waals surface area contributed by atoms with Gasteiger partial charge in [0.25, 0.3) is 0 Å². The average Bonchev–Trinajstić information content (AvgIpc) is 3.00. The van der Waals surface area contributed by atoms with Gasteiger partial charge in [0, 0.05) is 5.39 Å². The Labute approximate surface area is 117 Å². The van der Waals surface area contributed by atoms with E-state index < -0.39 is 0 Å². The van der Waals surface area contributed by atoms with Gasteiger partial charge in [-0.15, -0.1) is 0 Å². The van der Waals surface area contributed by atoms with Crippen LogP contribution in [0.25, 0.3) is 28.1 Å². The van der Waals surface area contributed by atoms with Crippen molar-refractivity contribution in [2.75, 3.05) is 0 Å². The Bertz CT molecular complexity index is 944. The maximum Gasteiger partial charge on any atom is 0.155 e. The number of imidazole rings is 1. The van der Waals surface area contributed by atoms with Crippen LogP contribution in [0, 0.1) is 5.82 Å². The van der Waals surface area contributed by atoms with Crippen molar-refractivity contribution in [1.29, 1.82) is 0 Å². The predicted molar refractivity (Wildman–Crippen MR) is 73.2 cm³/mol. The Kier molecular flexibility index (Phi) is 2.31. The van der Waals surface area contributed by atoms with Gasteiger partial charge in [0.2, 0.25) is 0 Å². The zero-order chi connectivity index (χ0) is 13.7. The van der Waals surface area contributed by atoms with Gasteiger partial charge in [0.15, 0.2) is 11.4 Å². The fourth-order valence-corrected chi connectivity index (χ4v) is 2.30. The van der Waals surface area contributed by atoms with E-state index in [1.54, 1.807) is 35.0 Å². The fraction of sp³-hybridized carbons (Fsp3) is 0. The molecule has 0 spiro atoms. The topological polar surface area (TPSA) is 43.3 Å². The summed E-state index contributed by atoms with van der Waals surface area (Å²) in [7, 11) is 0. The van der Waals surface area contributed by atoms with Crippen molar-refractivity contribution < 1.29 is 8.81 Å². The van der Waals surface area contributed by atoms with Crippen LogP contribution in [0.1, 0.15) is 0 Å². The summed E-state index contributed by atoms with van der Waals surface area (Å²) >= 11 is 5.89. The number of benzene rings is 1. The molecular weight excluding hydrogens is 281 g/mol. The summed E-state index contributed by atoms with van der Waals surface area (Å²) in [5, 5.41) is 5.24. The Hall–Kier alpha value is -2.40. The van der Waals surface area contributed by atoms with Gasteiger partial charge in [0.05, 0.1) is 6.20 Å². The van der Waals surface area contributed by atoms with Crippen molar-refractivity contribution >= 4 is 28.2 Å². The van der Waals surface area contributed by atoms with Crippen LogP contribution >= 0.6 is 11.6 Å². The van der Waals surface area contributed by atoms with Gasteiger partial charge >= 0.3 is 0 Å². The minimum Gasteiger partial charge on any atom is -0.454 e. The normalized spacial score (nSPS) is 11.5. The molecule has 0 radical (unpaired) electrons. The second kappa shape index (κ2) is 4.05. The van der Waals surface area contributed by atoms with Crippen molar-refractivity contribution in [3.8, 4) is 11.5 Å². The fourth-order valence-electron chi connectivity index (χ4n) is 2.16.